The highest BCUT2D eigenvalue weighted by Gasteiger charge is 2.15. The van der Waals surface area contributed by atoms with Crippen LogP contribution >= 0.6 is 0 Å². The lowest BCUT2D eigenvalue weighted by Crippen LogP contribution is -2.44. The third-order valence-electron chi connectivity index (χ3n) is 2.63. The van der Waals surface area contributed by atoms with Gasteiger partial charge in [0.25, 0.3) is 0 Å². The summed E-state index contributed by atoms with van der Waals surface area (Å²) in [6.07, 6.45) is -0.238. The van der Waals surface area contributed by atoms with Gasteiger partial charge in [0, 0.05) is 26.2 Å². The molecule has 1 saturated heterocycles. The van der Waals surface area contributed by atoms with E-state index < -0.39 is 0 Å². The summed E-state index contributed by atoms with van der Waals surface area (Å²) in [5.74, 6) is 0. The number of rotatable bonds is 5. The summed E-state index contributed by atoms with van der Waals surface area (Å²) in [7, 11) is 2.03. The van der Waals surface area contributed by atoms with Gasteiger partial charge < -0.3 is 14.7 Å². The molecule has 1 aliphatic rings. The van der Waals surface area contributed by atoms with Crippen molar-refractivity contribution >= 4 is 0 Å². The zero-order chi connectivity index (χ0) is 10.4. The molecule has 0 aromatic rings. The zero-order valence-electron chi connectivity index (χ0n) is 9.28. The molecule has 4 heteroatoms. The summed E-state index contributed by atoms with van der Waals surface area (Å²) >= 11 is 0. The number of morpholine rings is 1. The average molecular weight is 202 g/mol. The van der Waals surface area contributed by atoms with E-state index in [4.69, 9.17) is 4.74 Å². The van der Waals surface area contributed by atoms with Gasteiger partial charge in [-0.15, -0.1) is 0 Å². The van der Waals surface area contributed by atoms with Crippen LogP contribution in [0, 0.1) is 0 Å². The fourth-order valence-electron chi connectivity index (χ4n) is 1.63. The summed E-state index contributed by atoms with van der Waals surface area (Å²) in [6, 6.07) is 0. The first kappa shape index (κ1) is 11.9. The molecular formula is C10H22N2O2. The van der Waals surface area contributed by atoms with Crippen molar-refractivity contribution in [3.8, 4) is 0 Å². The molecule has 4 nitrogen and oxygen atoms in total. The molecule has 1 unspecified atom stereocenters. The van der Waals surface area contributed by atoms with E-state index >= 15 is 0 Å². The van der Waals surface area contributed by atoms with Gasteiger partial charge in [0.1, 0.15) is 0 Å². The normalized spacial score (nSPS) is 21.4. The third kappa shape index (κ3) is 4.37. The number of aliphatic hydroxyl groups excluding tert-OH is 1. The minimum absolute atomic E-state index is 0.238. The van der Waals surface area contributed by atoms with Gasteiger partial charge in [-0.25, -0.2) is 0 Å². The number of nitrogens with zero attached hydrogens (tertiary/aromatic N) is 2. The predicted octanol–water partition coefficient (Wildman–Crippen LogP) is -0.369. The molecule has 0 radical (unpaired) electrons. The average Bonchev–Trinajstić information content (AvgIpc) is 2.19. The van der Waals surface area contributed by atoms with Crippen LogP contribution in [0.1, 0.15) is 6.92 Å². The second-order valence-electron chi connectivity index (χ2n) is 3.92. The minimum atomic E-state index is -0.238. The Labute approximate surface area is 86.4 Å². The van der Waals surface area contributed by atoms with Gasteiger partial charge in [-0.3, -0.25) is 4.90 Å². The Hall–Kier alpha value is -0.160. The van der Waals surface area contributed by atoms with Crippen LogP contribution in [-0.2, 0) is 4.74 Å². The predicted molar refractivity (Wildman–Crippen MR) is 56.4 cm³/mol. The molecule has 0 amide bonds. The molecular weight excluding hydrogens is 180 g/mol. The van der Waals surface area contributed by atoms with E-state index in [1.165, 1.54) is 0 Å². The zero-order valence-corrected chi connectivity index (χ0v) is 9.28. The van der Waals surface area contributed by atoms with E-state index in [9.17, 15) is 5.11 Å². The van der Waals surface area contributed by atoms with Gasteiger partial charge in [0.15, 0.2) is 0 Å². The molecule has 1 heterocycles. The van der Waals surface area contributed by atoms with Gasteiger partial charge in [0.05, 0.1) is 19.3 Å². The summed E-state index contributed by atoms with van der Waals surface area (Å²) in [5.41, 5.74) is 0. The summed E-state index contributed by atoms with van der Waals surface area (Å²) in [6.45, 7) is 8.12. The van der Waals surface area contributed by atoms with Gasteiger partial charge in [-0.05, 0) is 13.6 Å². The van der Waals surface area contributed by atoms with Crippen LogP contribution in [0.25, 0.3) is 0 Å². The quantitative estimate of drug-likeness (QED) is 0.660. The Morgan fingerprint density at radius 1 is 1.43 bits per heavy atom. The molecule has 1 N–H and O–H groups in total. The van der Waals surface area contributed by atoms with E-state index in [1.807, 2.05) is 7.05 Å². The van der Waals surface area contributed by atoms with Gasteiger partial charge >= 0.3 is 0 Å². The van der Waals surface area contributed by atoms with Crippen molar-refractivity contribution in [1.29, 1.82) is 0 Å². The maximum absolute atomic E-state index is 9.78. The monoisotopic (exact) mass is 202 g/mol. The molecule has 1 fully saturated rings. The van der Waals surface area contributed by atoms with Crippen LogP contribution in [-0.4, -0.2) is 74.0 Å². The minimum Gasteiger partial charge on any atom is -0.390 e. The SMILES string of the molecule is CCN(C)CC(O)CN1CCOCC1. The summed E-state index contributed by atoms with van der Waals surface area (Å²) in [5, 5.41) is 9.78. The molecule has 0 aliphatic carbocycles. The van der Waals surface area contributed by atoms with Gasteiger partial charge in [0.2, 0.25) is 0 Å². The van der Waals surface area contributed by atoms with Crippen LogP contribution in [0.5, 0.6) is 0 Å². The largest absolute Gasteiger partial charge is 0.390 e. The Morgan fingerprint density at radius 3 is 2.64 bits per heavy atom. The number of hydrogen-bond donors (Lipinski definition) is 1. The molecule has 1 aliphatic heterocycles. The van der Waals surface area contributed by atoms with Crippen LogP contribution in [0.3, 0.4) is 0 Å². The molecule has 0 bridgehead atoms. The highest BCUT2D eigenvalue weighted by Crippen LogP contribution is 1.99. The fraction of sp³-hybridized carbons (Fsp3) is 1.00. The topological polar surface area (TPSA) is 35.9 Å². The van der Waals surface area contributed by atoms with E-state index in [0.717, 1.165) is 45.9 Å². The highest BCUT2D eigenvalue weighted by atomic mass is 16.5. The summed E-state index contributed by atoms with van der Waals surface area (Å²) in [4.78, 5) is 4.39. The van der Waals surface area contributed by atoms with E-state index in [2.05, 4.69) is 16.7 Å². The van der Waals surface area contributed by atoms with Crippen molar-refractivity contribution in [1.82, 2.24) is 9.80 Å². The van der Waals surface area contributed by atoms with Crippen molar-refractivity contribution in [2.24, 2.45) is 0 Å². The number of β-amino-alcohol motifs (C(OH)–C–C–N with tert-alkyl or cyclic N) is 1. The number of ether oxygens (including phenoxy) is 1. The highest BCUT2D eigenvalue weighted by molar-refractivity contribution is 4.69. The Kier molecular flexibility index (Phi) is 5.40. The van der Waals surface area contributed by atoms with Crippen molar-refractivity contribution in [2.45, 2.75) is 13.0 Å². The Bertz CT molecular complexity index is 149. The first-order valence-electron chi connectivity index (χ1n) is 5.39. The number of aliphatic hydroxyl groups is 1. The molecule has 0 aromatic heterocycles. The number of hydrogen-bond acceptors (Lipinski definition) is 4. The molecule has 1 rings (SSSR count). The lowest BCUT2D eigenvalue weighted by molar-refractivity contribution is 0.00901. The Balaban J connectivity index is 2.14. The maximum Gasteiger partial charge on any atom is 0.0793 e. The third-order valence-corrected chi connectivity index (χ3v) is 2.63. The van der Waals surface area contributed by atoms with Gasteiger partial charge in [-0.2, -0.15) is 0 Å². The van der Waals surface area contributed by atoms with E-state index in [1.54, 1.807) is 0 Å². The van der Waals surface area contributed by atoms with Crippen LogP contribution in [0.2, 0.25) is 0 Å². The van der Waals surface area contributed by atoms with E-state index in [0.29, 0.717) is 0 Å². The molecule has 1 atom stereocenters. The lowest BCUT2D eigenvalue weighted by Gasteiger charge is -2.29. The van der Waals surface area contributed by atoms with Crippen molar-refractivity contribution in [3.05, 3.63) is 0 Å². The first-order chi connectivity index (χ1) is 6.72. The standard InChI is InChI=1S/C10H22N2O2/c1-3-11(2)8-10(13)9-12-4-6-14-7-5-12/h10,13H,3-9H2,1-2H3. The van der Waals surface area contributed by atoms with Crippen LogP contribution in [0.15, 0.2) is 0 Å². The molecule has 0 spiro atoms. The molecule has 0 aromatic carbocycles. The van der Waals surface area contributed by atoms with E-state index in [-0.39, 0.29) is 6.10 Å². The van der Waals surface area contributed by atoms with Crippen LogP contribution < -0.4 is 0 Å². The summed E-state index contributed by atoms with van der Waals surface area (Å²) < 4.78 is 5.25. The smallest absolute Gasteiger partial charge is 0.0793 e. The lowest BCUT2D eigenvalue weighted by atomic mass is 10.3. The molecule has 0 saturated carbocycles. The Morgan fingerprint density at radius 2 is 2.07 bits per heavy atom. The second kappa shape index (κ2) is 6.35. The molecule has 84 valence electrons. The van der Waals surface area contributed by atoms with Crippen molar-refractivity contribution in [3.63, 3.8) is 0 Å². The van der Waals surface area contributed by atoms with Crippen molar-refractivity contribution in [2.75, 3.05) is 53.0 Å². The number of likely N-dealkylation sites (N-methyl/N-ethyl adjacent to an activating group) is 1. The van der Waals surface area contributed by atoms with Gasteiger partial charge in [-0.1, -0.05) is 6.92 Å². The molecule has 14 heavy (non-hydrogen) atoms. The fourth-order valence-corrected chi connectivity index (χ4v) is 1.63. The maximum atomic E-state index is 9.78. The van der Waals surface area contributed by atoms with Crippen molar-refractivity contribution < 1.29 is 9.84 Å². The second-order valence-corrected chi connectivity index (χ2v) is 3.92. The van der Waals surface area contributed by atoms with Crippen LogP contribution in [0.4, 0.5) is 0 Å². The first-order valence-corrected chi connectivity index (χ1v) is 5.39.